The molecule has 1 heterocycles. The zero-order chi connectivity index (χ0) is 15.1. The summed E-state index contributed by atoms with van der Waals surface area (Å²) in [5, 5.41) is 2.72. The molecule has 0 fully saturated rings. The molecule has 21 heavy (non-hydrogen) atoms. The molecule has 0 radical (unpaired) electrons. The van der Waals surface area contributed by atoms with E-state index in [0.29, 0.717) is 12.3 Å². The van der Waals surface area contributed by atoms with Crippen molar-refractivity contribution < 1.29 is 18.7 Å². The fourth-order valence-electron chi connectivity index (χ4n) is 1.58. The van der Waals surface area contributed by atoms with Crippen molar-refractivity contribution in [3.63, 3.8) is 0 Å². The summed E-state index contributed by atoms with van der Waals surface area (Å²) in [4.78, 5) is 24.0. The van der Waals surface area contributed by atoms with Crippen LogP contribution in [0.2, 0.25) is 0 Å². The number of anilines is 1. The van der Waals surface area contributed by atoms with Gasteiger partial charge >= 0.3 is 5.97 Å². The number of hydrogen-bond acceptors (Lipinski definition) is 5. The minimum absolute atomic E-state index is 0.238. The van der Waals surface area contributed by atoms with E-state index in [2.05, 4.69) is 5.32 Å². The maximum absolute atomic E-state index is 11.8. The van der Waals surface area contributed by atoms with E-state index < -0.39 is 0 Å². The van der Waals surface area contributed by atoms with Gasteiger partial charge in [0.05, 0.1) is 18.6 Å². The summed E-state index contributed by atoms with van der Waals surface area (Å²) in [7, 11) is 0. The van der Waals surface area contributed by atoms with Crippen LogP contribution < -0.4 is 5.32 Å². The number of ether oxygens (including phenoxy) is 1. The lowest BCUT2D eigenvalue weighted by atomic mass is 10.3. The lowest BCUT2D eigenvalue weighted by molar-refractivity contribution is -0.139. The van der Waals surface area contributed by atoms with Gasteiger partial charge in [0, 0.05) is 10.6 Å². The first-order valence-electron chi connectivity index (χ1n) is 6.42. The van der Waals surface area contributed by atoms with Crippen LogP contribution in [0.1, 0.15) is 17.5 Å². The van der Waals surface area contributed by atoms with Crippen LogP contribution in [0.5, 0.6) is 0 Å². The van der Waals surface area contributed by atoms with Gasteiger partial charge in [-0.1, -0.05) is 0 Å². The van der Waals surface area contributed by atoms with Crippen molar-refractivity contribution in [3.8, 4) is 0 Å². The summed E-state index contributed by atoms with van der Waals surface area (Å²) in [5.41, 5.74) is 0.664. The van der Waals surface area contributed by atoms with E-state index in [9.17, 15) is 9.59 Å². The summed E-state index contributed by atoms with van der Waals surface area (Å²) in [5.74, 6) is -0.00764. The van der Waals surface area contributed by atoms with E-state index in [1.165, 1.54) is 18.0 Å². The topological polar surface area (TPSA) is 68.5 Å². The summed E-state index contributed by atoms with van der Waals surface area (Å²) >= 11 is 1.39. The molecule has 0 bridgehead atoms. The van der Waals surface area contributed by atoms with Crippen molar-refractivity contribution in [2.45, 2.75) is 11.8 Å². The Labute approximate surface area is 126 Å². The highest BCUT2D eigenvalue weighted by Crippen LogP contribution is 2.20. The van der Waals surface area contributed by atoms with Crippen LogP contribution in [-0.4, -0.2) is 24.2 Å². The van der Waals surface area contributed by atoms with E-state index in [1.807, 2.05) is 12.1 Å². The molecule has 1 N–H and O–H groups in total. The minimum atomic E-state index is -0.299. The molecule has 0 saturated heterocycles. The number of benzene rings is 1. The van der Waals surface area contributed by atoms with Crippen LogP contribution in [0.25, 0.3) is 0 Å². The largest absolute Gasteiger partial charge is 0.465 e. The van der Waals surface area contributed by atoms with Crippen LogP contribution in [0, 0.1) is 0 Å². The molecule has 0 unspecified atom stereocenters. The van der Waals surface area contributed by atoms with Crippen molar-refractivity contribution in [1.29, 1.82) is 0 Å². The molecule has 6 heteroatoms. The molecule has 110 valence electrons. The second kappa shape index (κ2) is 7.54. The van der Waals surface area contributed by atoms with Crippen LogP contribution >= 0.6 is 11.8 Å². The Morgan fingerprint density at radius 1 is 1.24 bits per heavy atom. The van der Waals surface area contributed by atoms with Crippen molar-refractivity contribution in [2.75, 3.05) is 17.7 Å². The average molecular weight is 305 g/mol. The molecule has 0 spiro atoms. The van der Waals surface area contributed by atoms with E-state index in [1.54, 1.807) is 31.2 Å². The highest BCUT2D eigenvalue weighted by Gasteiger charge is 2.08. The first-order chi connectivity index (χ1) is 10.2. The summed E-state index contributed by atoms with van der Waals surface area (Å²) in [6.07, 6.45) is 1.45. The first-order valence-corrected chi connectivity index (χ1v) is 7.41. The number of hydrogen-bond donors (Lipinski definition) is 1. The Balaban J connectivity index is 1.87. The van der Waals surface area contributed by atoms with E-state index in [0.717, 1.165) is 4.90 Å². The lowest BCUT2D eigenvalue weighted by Gasteiger charge is -2.05. The molecule has 2 aromatic rings. The Morgan fingerprint density at radius 2 is 2.00 bits per heavy atom. The standard InChI is InChI=1S/C15H15NO4S/c1-2-19-14(17)10-21-12-7-5-11(6-8-12)16-15(18)13-4-3-9-20-13/h3-9H,2,10H2,1H3,(H,16,18). The van der Waals surface area contributed by atoms with Gasteiger partial charge < -0.3 is 14.5 Å². The zero-order valence-corrected chi connectivity index (χ0v) is 12.3. The quantitative estimate of drug-likeness (QED) is 0.655. The minimum Gasteiger partial charge on any atom is -0.465 e. The van der Waals surface area contributed by atoms with Crippen LogP contribution in [-0.2, 0) is 9.53 Å². The van der Waals surface area contributed by atoms with Crippen LogP contribution in [0.4, 0.5) is 5.69 Å². The maximum atomic E-state index is 11.8. The SMILES string of the molecule is CCOC(=O)CSc1ccc(NC(=O)c2ccco2)cc1. The van der Waals surface area contributed by atoms with Gasteiger partial charge in [0.15, 0.2) is 5.76 Å². The Kier molecular flexibility index (Phi) is 5.45. The molecule has 0 aliphatic rings. The van der Waals surface area contributed by atoms with Gasteiger partial charge in [0.25, 0.3) is 5.91 Å². The fourth-order valence-corrected chi connectivity index (χ4v) is 2.28. The van der Waals surface area contributed by atoms with Crippen molar-refractivity contribution in [2.24, 2.45) is 0 Å². The highest BCUT2D eigenvalue weighted by atomic mass is 32.2. The molecule has 0 aliphatic heterocycles. The number of carbonyl (C=O) groups excluding carboxylic acids is 2. The number of esters is 1. The molecule has 0 saturated carbocycles. The number of rotatable bonds is 6. The van der Waals surface area contributed by atoms with E-state index in [-0.39, 0.29) is 23.4 Å². The Bertz CT molecular complexity index is 593. The summed E-state index contributed by atoms with van der Waals surface area (Å²) < 4.78 is 9.87. The molecule has 2 rings (SSSR count). The Hall–Kier alpha value is -2.21. The smallest absolute Gasteiger partial charge is 0.316 e. The summed E-state index contributed by atoms with van der Waals surface area (Å²) in [6.45, 7) is 2.16. The molecule has 1 aromatic heterocycles. The second-order valence-electron chi connectivity index (χ2n) is 4.05. The monoisotopic (exact) mass is 305 g/mol. The van der Waals surface area contributed by atoms with Gasteiger partial charge in [-0.2, -0.15) is 0 Å². The molecule has 1 amide bonds. The zero-order valence-electron chi connectivity index (χ0n) is 11.5. The second-order valence-corrected chi connectivity index (χ2v) is 5.10. The number of amides is 1. The lowest BCUT2D eigenvalue weighted by Crippen LogP contribution is -2.10. The van der Waals surface area contributed by atoms with Crippen LogP contribution in [0.15, 0.2) is 52.0 Å². The number of nitrogens with one attached hydrogen (secondary N) is 1. The van der Waals surface area contributed by atoms with Crippen LogP contribution in [0.3, 0.4) is 0 Å². The van der Waals surface area contributed by atoms with Crippen molar-refractivity contribution in [3.05, 3.63) is 48.4 Å². The maximum Gasteiger partial charge on any atom is 0.316 e. The number of thioether (sulfide) groups is 1. The molecule has 0 aliphatic carbocycles. The van der Waals surface area contributed by atoms with Gasteiger partial charge in [0.1, 0.15) is 0 Å². The Morgan fingerprint density at radius 3 is 2.62 bits per heavy atom. The third-order valence-corrected chi connectivity index (χ3v) is 3.50. The van der Waals surface area contributed by atoms with Gasteiger partial charge in [-0.15, -0.1) is 11.8 Å². The molecular weight excluding hydrogens is 290 g/mol. The third-order valence-electron chi connectivity index (χ3n) is 2.52. The van der Waals surface area contributed by atoms with Crippen molar-refractivity contribution >= 4 is 29.3 Å². The highest BCUT2D eigenvalue weighted by molar-refractivity contribution is 8.00. The fraction of sp³-hybridized carbons (Fsp3) is 0.200. The normalized spacial score (nSPS) is 10.1. The molecule has 5 nitrogen and oxygen atoms in total. The predicted molar refractivity (Wildman–Crippen MR) is 80.5 cm³/mol. The van der Waals surface area contributed by atoms with Gasteiger partial charge in [-0.05, 0) is 43.3 Å². The van der Waals surface area contributed by atoms with E-state index >= 15 is 0 Å². The average Bonchev–Trinajstić information content (AvgIpc) is 3.01. The summed E-state index contributed by atoms with van der Waals surface area (Å²) in [6, 6.07) is 10.5. The predicted octanol–water partition coefficient (Wildman–Crippen LogP) is 3.19. The molecule has 1 aromatic carbocycles. The molecule has 0 atom stereocenters. The van der Waals surface area contributed by atoms with Gasteiger partial charge in [-0.3, -0.25) is 9.59 Å². The molecular formula is C15H15NO4S. The number of carbonyl (C=O) groups is 2. The van der Waals surface area contributed by atoms with Crippen molar-refractivity contribution in [1.82, 2.24) is 0 Å². The first kappa shape index (κ1) is 15.2. The third kappa shape index (κ3) is 4.68. The van der Waals surface area contributed by atoms with E-state index in [4.69, 9.17) is 9.15 Å². The van der Waals surface area contributed by atoms with Gasteiger partial charge in [-0.25, -0.2) is 0 Å². The van der Waals surface area contributed by atoms with Gasteiger partial charge in [0.2, 0.25) is 0 Å². The number of furan rings is 1.